The van der Waals surface area contributed by atoms with E-state index in [1.807, 2.05) is 60.7 Å². The van der Waals surface area contributed by atoms with Crippen molar-refractivity contribution in [2.75, 3.05) is 0 Å². The van der Waals surface area contributed by atoms with E-state index in [-0.39, 0.29) is 0 Å². The van der Waals surface area contributed by atoms with E-state index in [1.54, 1.807) is 12.1 Å². The highest BCUT2D eigenvalue weighted by Crippen LogP contribution is 2.37. The first kappa shape index (κ1) is 22.7. The number of ether oxygens (including phenoxy) is 1. The van der Waals surface area contributed by atoms with Crippen molar-refractivity contribution >= 4 is 23.4 Å². The molecular formula is C28H27N3O4. The molecule has 7 nitrogen and oxygen atoms in total. The van der Waals surface area contributed by atoms with Gasteiger partial charge < -0.3 is 19.7 Å². The number of hydrogen-bond acceptors (Lipinski definition) is 4. The number of benzene rings is 3. The van der Waals surface area contributed by atoms with Gasteiger partial charge in [0.2, 0.25) is 6.41 Å². The Morgan fingerprint density at radius 3 is 2.51 bits per heavy atom. The van der Waals surface area contributed by atoms with Crippen LogP contribution in [0, 0.1) is 0 Å². The van der Waals surface area contributed by atoms with Crippen molar-refractivity contribution < 1.29 is 19.4 Å². The number of rotatable bonds is 9. The smallest absolute Gasteiger partial charge is 0.330 e. The predicted octanol–water partition coefficient (Wildman–Crippen LogP) is 5.27. The largest absolute Gasteiger partial charge is 0.489 e. The van der Waals surface area contributed by atoms with Gasteiger partial charge in [-0.2, -0.15) is 0 Å². The van der Waals surface area contributed by atoms with E-state index < -0.39 is 12.0 Å². The lowest BCUT2D eigenvalue weighted by Crippen LogP contribution is -2.27. The second-order valence-corrected chi connectivity index (χ2v) is 8.85. The van der Waals surface area contributed by atoms with Crippen LogP contribution < -0.4 is 10.1 Å². The van der Waals surface area contributed by atoms with Crippen LogP contribution in [0.4, 0.5) is 0 Å². The molecule has 3 aromatic carbocycles. The van der Waals surface area contributed by atoms with Crippen molar-refractivity contribution in [3.8, 4) is 17.1 Å². The minimum atomic E-state index is -1.11. The molecule has 35 heavy (non-hydrogen) atoms. The Morgan fingerprint density at radius 2 is 1.83 bits per heavy atom. The first-order chi connectivity index (χ1) is 17.1. The van der Waals surface area contributed by atoms with Gasteiger partial charge in [-0.05, 0) is 60.4 Å². The number of carbonyl (C=O) groups is 2. The van der Waals surface area contributed by atoms with E-state index in [4.69, 9.17) is 9.72 Å². The lowest BCUT2D eigenvalue weighted by molar-refractivity contribution is -0.140. The molecule has 1 aliphatic carbocycles. The van der Waals surface area contributed by atoms with Gasteiger partial charge in [0.15, 0.2) is 6.04 Å². The SMILES string of the molecule is O=CNC(C(=O)O)c1ccc2c(c1)nc(-c1ccc(OCc3ccccc3)cc1)n2C1CCCC1. The summed E-state index contributed by atoms with van der Waals surface area (Å²) in [4.78, 5) is 27.5. The number of aromatic nitrogens is 2. The minimum absolute atomic E-state index is 0.346. The van der Waals surface area contributed by atoms with Gasteiger partial charge in [-0.15, -0.1) is 0 Å². The molecule has 0 saturated heterocycles. The Balaban J connectivity index is 1.48. The molecule has 1 heterocycles. The number of nitrogens with zero attached hydrogens (tertiary/aromatic N) is 2. The molecule has 0 spiro atoms. The van der Waals surface area contributed by atoms with Crippen LogP contribution in [0.3, 0.4) is 0 Å². The Hall–Kier alpha value is -4.13. The van der Waals surface area contributed by atoms with Crippen LogP contribution in [0.15, 0.2) is 72.8 Å². The molecule has 1 amide bonds. The Kier molecular flexibility index (Phi) is 6.48. The highest BCUT2D eigenvalue weighted by atomic mass is 16.5. The standard InChI is InChI=1S/C28H27N3O4/c32-18-29-26(28(33)34)21-12-15-25-24(16-21)30-27(31(25)22-8-4-5-9-22)20-10-13-23(14-11-20)35-17-19-6-2-1-3-7-19/h1-3,6-7,10-16,18,22,26H,4-5,8-9,17H2,(H,29,32)(H,33,34). The van der Waals surface area contributed by atoms with Gasteiger partial charge in [-0.1, -0.05) is 49.2 Å². The molecule has 7 heteroatoms. The Bertz CT molecular complexity index is 1330. The zero-order valence-electron chi connectivity index (χ0n) is 19.3. The lowest BCUT2D eigenvalue weighted by Gasteiger charge is -2.17. The highest BCUT2D eigenvalue weighted by Gasteiger charge is 2.25. The first-order valence-corrected chi connectivity index (χ1v) is 11.9. The molecule has 4 aromatic rings. The van der Waals surface area contributed by atoms with E-state index >= 15 is 0 Å². The van der Waals surface area contributed by atoms with Crippen LogP contribution in [0.5, 0.6) is 5.75 Å². The van der Waals surface area contributed by atoms with E-state index in [2.05, 4.69) is 9.88 Å². The zero-order valence-corrected chi connectivity index (χ0v) is 19.3. The van der Waals surface area contributed by atoms with Crippen molar-refractivity contribution in [1.82, 2.24) is 14.9 Å². The molecular weight excluding hydrogens is 442 g/mol. The second-order valence-electron chi connectivity index (χ2n) is 8.85. The van der Waals surface area contributed by atoms with Crippen LogP contribution in [0.1, 0.15) is 48.9 Å². The fourth-order valence-corrected chi connectivity index (χ4v) is 4.85. The fourth-order valence-electron chi connectivity index (χ4n) is 4.85. The second kappa shape index (κ2) is 10.0. The molecule has 2 N–H and O–H groups in total. The zero-order chi connectivity index (χ0) is 24.2. The molecule has 5 rings (SSSR count). The minimum Gasteiger partial charge on any atom is -0.489 e. The van der Waals surface area contributed by atoms with Gasteiger partial charge in [0.1, 0.15) is 18.2 Å². The van der Waals surface area contributed by atoms with Crippen LogP contribution in [0.2, 0.25) is 0 Å². The molecule has 1 saturated carbocycles. The van der Waals surface area contributed by atoms with E-state index in [0.29, 0.717) is 30.1 Å². The van der Waals surface area contributed by atoms with Gasteiger partial charge in [0.25, 0.3) is 0 Å². The monoisotopic (exact) mass is 469 g/mol. The van der Waals surface area contributed by atoms with E-state index in [0.717, 1.165) is 41.1 Å². The maximum atomic E-state index is 11.6. The topological polar surface area (TPSA) is 93.5 Å². The maximum Gasteiger partial charge on any atom is 0.330 e. The third-order valence-corrected chi connectivity index (χ3v) is 6.58. The number of imidazole rings is 1. The average molecular weight is 470 g/mol. The van der Waals surface area contributed by atoms with Crippen LogP contribution in [-0.2, 0) is 16.2 Å². The number of carbonyl (C=O) groups excluding carboxylic acids is 1. The quantitative estimate of drug-likeness (QED) is 0.326. The molecule has 1 aromatic heterocycles. The van der Waals surface area contributed by atoms with Gasteiger partial charge >= 0.3 is 5.97 Å². The molecule has 1 atom stereocenters. The number of amides is 1. The van der Waals surface area contributed by atoms with Gasteiger partial charge in [-0.3, -0.25) is 4.79 Å². The molecule has 1 fully saturated rings. The Labute approximate surface area is 203 Å². The number of aliphatic carboxylic acids is 1. The van der Waals surface area contributed by atoms with Gasteiger partial charge in [0, 0.05) is 11.6 Å². The predicted molar refractivity (Wildman–Crippen MR) is 133 cm³/mol. The number of nitrogens with one attached hydrogen (secondary N) is 1. The van der Waals surface area contributed by atoms with Crippen molar-refractivity contribution in [2.45, 2.75) is 44.4 Å². The van der Waals surface area contributed by atoms with Crippen molar-refractivity contribution in [3.05, 3.63) is 83.9 Å². The third-order valence-electron chi connectivity index (χ3n) is 6.58. The molecule has 0 radical (unpaired) electrons. The maximum absolute atomic E-state index is 11.6. The number of carboxylic acids is 1. The lowest BCUT2D eigenvalue weighted by atomic mass is 10.1. The summed E-state index contributed by atoms with van der Waals surface area (Å²) >= 11 is 0. The number of hydrogen-bond donors (Lipinski definition) is 2. The van der Waals surface area contributed by atoms with Crippen molar-refractivity contribution in [2.24, 2.45) is 0 Å². The average Bonchev–Trinajstić information content (AvgIpc) is 3.54. The van der Waals surface area contributed by atoms with Gasteiger partial charge in [0.05, 0.1) is 11.0 Å². The summed E-state index contributed by atoms with van der Waals surface area (Å²) in [6.07, 6.45) is 4.94. The molecule has 0 aliphatic heterocycles. The summed E-state index contributed by atoms with van der Waals surface area (Å²) in [5.41, 5.74) is 4.26. The van der Waals surface area contributed by atoms with Crippen molar-refractivity contribution in [3.63, 3.8) is 0 Å². The number of fused-ring (bicyclic) bond motifs is 1. The van der Waals surface area contributed by atoms with E-state index in [1.165, 1.54) is 12.8 Å². The first-order valence-electron chi connectivity index (χ1n) is 11.9. The molecule has 178 valence electrons. The third kappa shape index (κ3) is 4.75. The Morgan fingerprint density at radius 1 is 1.09 bits per heavy atom. The summed E-state index contributed by atoms with van der Waals surface area (Å²) in [6.45, 7) is 0.503. The summed E-state index contributed by atoms with van der Waals surface area (Å²) in [5.74, 6) is 0.527. The van der Waals surface area contributed by atoms with Crippen LogP contribution in [0.25, 0.3) is 22.4 Å². The highest BCUT2D eigenvalue weighted by molar-refractivity contribution is 5.85. The fraction of sp³-hybridized carbons (Fsp3) is 0.250. The van der Waals surface area contributed by atoms with Crippen molar-refractivity contribution in [1.29, 1.82) is 0 Å². The normalized spacial score (nSPS) is 14.6. The van der Waals surface area contributed by atoms with E-state index in [9.17, 15) is 14.7 Å². The van der Waals surface area contributed by atoms with Crippen LogP contribution in [-0.4, -0.2) is 27.0 Å². The van der Waals surface area contributed by atoms with Crippen LogP contribution >= 0.6 is 0 Å². The molecule has 1 unspecified atom stereocenters. The molecule has 1 aliphatic rings. The summed E-state index contributed by atoms with van der Waals surface area (Å²) < 4.78 is 8.23. The summed E-state index contributed by atoms with van der Waals surface area (Å²) in [6, 6.07) is 22.7. The molecule has 0 bridgehead atoms. The number of carboxylic acid groups (broad SMARTS) is 1. The summed E-state index contributed by atoms with van der Waals surface area (Å²) in [5, 5.41) is 11.9. The van der Waals surface area contributed by atoms with Gasteiger partial charge in [-0.25, -0.2) is 9.78 Å². The summed E-state index contributed by atoms with van der Waals surface area (Å²) in [7, 11) is 0.